The lowest BCUT2D eigenvalue weighted by atomic mass is 10.0. The fourth-order valence-corrected chi connectivity index (χ4v) is 2.27. The van der Waals surface area contributed by atoms with Crippen molar-refractivity contribution in [1.82, 2.24) is 10.3 Å². The van der Waals surface area contributed by atoms with Crippen molar-refractivity contribution in [3.8, 4) is 0 Å². The lowest BCUT2D eigenvalue weighted by molar-refractivity contribution is -0.142. The summed E-state index contributed by atoms with van der Waals surface area (Å²) in [6, 6.07) is 2.58. The van der Waals surface area contributed by atoms with Gasteiger partial charge in [0.15, 0.2) is 0 Å². The molecule has 6 nitrogen and oxygen atoms in total. The van der Waals surface area contributed by atoms with Crippen molar-refractivity contribution in [2.24, 2.45) is 5.92 Å². The Balaban J connectivity index is 2.10. The summed E-state index contributed by atoms with van der Waals surface area (Å²) in [6.45, 7) is 0. The minimum absolute atomic E-state index is 0.00791. The number of carbonyl (C=O) groups excluding carboxylic acids is 1. The maximum atomic E-state index is 11.9. The lowest BCUT2D eigenvalue weighted by Crippen LogP contribution is -2.41. The molecule has 6 heteroatoms. The second-order valence-electron chi connectivity index (χ2n) is 4.37. The number of hydrogen-bond acceptors (Lipinski definition) is 3. The molecule has 1 aromatic rings. The highest BCUT2D eigenvalue weighted by Gasteiger charge is 2.34. The molecule has 0 spiro atoms. The van der Waals surface area contributed by atoms with Crippen LogP contribution in [0.15, 0.2) is 23.1 Å². The Bertz CT molecular complexity index is 523. The molecule has 3 N–H and O–H groups in total. The van der Waals surface area contributed by atoms with E-state index in [2.05, 4.69) is 10.3 Å². The van der Waals surface area contributed by atoms with Gasteiger partial charge in [-0.05, 0) is 25.0 Å². The second-order valence-corrected chi connectivity index (χ2v) is 4.37. The molecule has 0 bridgehead atoms. The molecule has 1 aliphatic rings. The number of aromatic amines is 1. The Kier molecular flexibility index (Phi) is 3.45. The molecule has 0 radical (unpaired) electrons. The largest absolute Gasteiger partial charge is 0.481 e. The number of carbonyl (C=O) groups is 2. The summed E-state index contributed by atoms with van der Waals surface area (Å²) in [7, 11) is 0. The van der Waals surface area contributed by atoms with Gasteiger partial charge in [-0.25, -0.2) is 0 Å². The summed E-state index contributed by atoms with van der Waals surface area (Å²) in [5.74, 6) is -1.98. The van der Waals surface area contributed by atoms with Crippen LogP contribution in [0.3, 0.4) is 0 Å². The first-order valence-electron chi connectivity index (χ1n) is 5.81. The fraction of sp³-hybridized carbons (Fsp3) is 0.417. The minimum atomic E-state index is -0.903. The Hall–Kier alpha value is -2.11. The van der Waals surface area contributed by atoms with E-state index < -0.39 is 29.4 Å². The van der Waals surface area contributed by atoms with Crippen molar-refractivity contribution in [1.29, 1.82) is 0 Å². The van der Waals surface area contributed by atoms with Gasteiger partial charge in [-0.15, -0.1) is 0 Å². The normalized spacial score (nSPS) is 22.7. The highest BCUT2D eigenvalue weighted by Crippen LogP contribution is 2.25. The van der Waals surface area contributed by atoms with Crippen LogP contribution in [0.2, 0.25) is 0 Å². The molecule has 0 saturated heterocycles. The van der Waals surface area contributed by atoms with Gasteiger partial charge in [-0.3, -0.25) is 14.4 Å². The molecule has 1 fully saturated rings. The molecule has 0 aromatic carbocycles. The number of pyridine rings is 1. The average molecular weight is 250 g/mol. The third-order valence-corrected chi connectivity index (χ3v) is 3.21. The average Bonchev–Trinajstić information content (AvgIpc) is 2.77. The van der Waals surface area contributed by atoms with Crippen molar-refractivity contribution >= 4 is 11.9 Å². The summed E-state index contributed by atoms with van der Waals surface area (Å²) in [5.41, 5.74) is -0.464. The van der Waals surface area contributed by atoms with Crippen LogP contribution in [0.5, 0.6) is 0 Å². The molecule has 1 aliphatic carbocycles. The first-order chi connectivity index (χ1) is 8.59. The van der Waals surface area contributed by atoms with E-state index in [0.29, 0.717) is 12.8 Å². The third kappa shape index (κ3) is 2.42. The number of carboxylic acids is 1. The van der Waals surface area contributed by atoms with Gasteiger partial charge in [0, 0.05) is 12.2 Å². The molecular formula is C12H14N2O4. The smallest absolute Gasteiger partial charge is 0.308 e. The number of hydrogen-bond donors (Lipinski definition) is 3. The first-order valence-corrected chi connectivity index (χ1v) is 5.81. The molecular weight excluding hydrogens is 236 g/mol. The van der Waals surface area contributed by atoms with Gasteiger partial charge in [0.1, 0.15) is 5.56 Å². The summed E-state index contributed by atoms with van der Waals surface area (Å²) < 4.78 is 0. The molecule has 2 rings (SSSR count). The Morgan fingerprint density at radius 3 is 2.83 bits per heavy atom. The second kappa shape index (κ2) is 5.03. The quantitative estimate of drug-likeness (QED) is 0.721. The molecule has 1 heterocycles. The predicted octanol–water partition coefficient (Wildman–Crippen LogP) is 0.358. The zero-order valence-electron chi connectivity index (χ0n) is 9.68. The predicted molar refractivity (Wildman–Crippen MR) is 63.3 cm³/mol. The third-order valence-electron chi connectivity index (χ3n) is 3.21. The van der Waals surface area contributed by atoms with Gasteiger partial charge in [-0.1, -0.05) is 6.42 Å². The fourth-order valence-electron chi connectivity index (χ4n) is 2.27. The van der Waals surface area contributed by atoms with Crippen LogP contribution in [0.4, 0.5) is 0 Å². The van der Waals surface area contributed by atoms with Crippen molar-refractivity contribution in [2.45, 2.75) is 25.3 Å². The van der Waals surface area contributed by atoms with E-state index in [1.165, 1.54) is 12.3 Å². The number of aliphatic carboxylic acids is 1. The maximum Gasteiger partial charge on any atom is 0.308 e. The van der Waals surface area contributed by atoms with E-state index in [0.717, 1.165) is 6.42 Å². The van der Waals surface area contributed by atoms with E-state index in [4.69, 9.17) is 5.11 Å². The molecule has 1 amide bonds. The van der Waals surface area contributed by atoms with Crippen LogP contribution in [-0.4, -0.2) is 28.0 Å². The van der Waals surface area contributed by atoms with E-state index in [1.807, 2.05) is 0 Å². The topological polar surface area (TPSA) is 99.3 Å². The Morgan fingerprint density at radius 2 is 2.17 bits per heavy atom. The Morgan fingerprint density at radius 1 is 1.39 bits per heavy atom. The van der Waals surface area contributed by atoms with Crippen molar-refractivity contribution < 1.29 is 14.7 Å². The van der Waals surface area contributed by atoms with Gasteiger partial charge in [-0.2, -0.15) is 0 Å². The number of H-pyrrole nitrogens is 1. The van der Waals surface area contributed by atoms with Crippen molar-refractivity contribution in [3.63, 3.8) is 0 Å². The molecule has 1 saturated carbocycles. The highest BCUT2D eigenvalue weighted by molar-refractivity contribution is 5.94. The Labute approximate surface area is 103 Å². The number of rotatable bonds is 3. The van der Waals surface area contributed by atoms with E-state index in [-0.39, 0.29) is 5.56 Å². The van der Waals surface area contributed by atoms with Gasteiger partial charge >= 0.3 is 5.97 Å². The molecule has 2 atom stereocenters. The van der Waals surface area contributed by atoms with Crippen molar-refractivity contribution in [2.75, 3.05) is 0 Å². The van der Waals surface area contributed by atoms with Crippen LogP contribution in [0.25, 0.3) is 0 Å². The van der Waals surface area contributed by atoms with E-state index in [1.54, 1.807) is 6.07 Å². The van der Waals surface area contributed by atoms with Crippen LogP contribution in [0, 0.1) is 5.92 Å². The molecule has 0 aliphatic heterocycles. The standard InChI is InChI=1S/C12H14N2O4/c15-10-8(4-2-6-13-10)11(16)14-9-5-1-3-7(9)12(17)18/h2,4,6-7,9H,1,3,5H2,(H,13,15)(H,14,16)(H,17,18). The summed E-state index contributed by atoms with van der Waals surface area (Å²) >= 11 is 0. The summed E-state index contributed by atoms with van der Waals surface area (Å²) in [4.78, 5) is 36.7. The number of nitrogens with one attached hydrogen (secondary N) is 2. The van der Waals surface area contributed by atoms with Gasteiger partial charge in [0.2, 0.25) is 0 Å². The lowest BCUT2D eigenvalue weighted by Gasteiger charge is -2.17. The van der Waals surface area contributed by atoms with Crippen LogP contribution >= 0.6 is 0 Å². The SMILES string of the molecule is O=C(NC1CCCC1C(=O)O)c1ccc[nH]c1=O. The summed E-state index contributed by atoms with van der Waals surface area (Å²) in [5, 5.41) is 11.6. The summed E-state index contributed by atoms with van der Waals surface area (Å²) in [6.07, 6.45) is 3.40. The van der Waals surface area contributed by atoms with Crippen molar-refractivity contribution in [3.05, 3.63) is 34.2 Å². The molecule has 2 unspecified atom stereocenters. The van der Waals surface area contributed by atoms with Crippen LogP contribution in [0.1, 0.15) is 29.6 Å². The number of carboxylic acid groups (broad SMARTS) is 1. The maximum absolute atomic E-state index is 11.9. The van der Waals surface area contributed by atoms with Crippen LogP contribution in [-0.2, 0) is 4.79 Å². The highest BCUT2D eigenvalue weighted by atomic mass is 16.4. The monoisotopic (exact) mass is 250 g/mol. The van der Waals surface area contributed by atoms with Gasteiger partial charge in [0.25, 0.3) is 11.5 Å². The molecule has 1 aromatic heterocycles. The van der Waals surface area contributed by atoms with Gasteiger partial charge < -0.3 is 15.4 Å². The number of amides is 1. The minimum Gasteiger partial charge on any atom is -0.481 e. The van der Waals surface area contributed by atoms with Crippen LogP contribution < -0.4 is 10.9 Å². The first kappa shape index (κ1) is 12.3. The van der Waals surface area contributed by atoms with Gasteiger partial charge in [0.05, 0.1) is 5.92 Å². The molecule has 18 heavy (non-hydrogen) atoms. The zero-order valence-corrected chi connectivity index (χ0v) is 9.68. The zero-order chi connectivity index (χ0) is 13.1. The molecule has 96 valence electrons. The van der Waals surface area contributed by atoms with E-state index in [9.17, 15) is 14.4 Å². The van der Waals surface area contributed by atoms with E-state index >= 15 is 0 Å². The number of aromatic nitrogens is 1.